The first-order valence-corrected chi connectivity index (χ1v) is 7.98. The number of carbonyl (C=O) groups is 2. The normalized spacial score (nSPS) is 16.3. The molecule has 1 aliphatic heterocycles. The summed E-state index contributed by atoms with van der Waals surface area (Å²) in [6.45, 7) is 2.58. The fourth-order valence-corrected chi connectivity index (χ4v) is 3.07. The van der Waals surface area contributed by atoms with Crippen molar-refractivity contribution in [2.75, 3.05) is 17.4 Å². The molecular formula is C17H17ClN2O3. The zero-order chi connectivity index (χ0) is 16.4. The van der Waals surface area contributed by atoms with Crippen LogP contribution in [0.1, 0.15) is 24.2 Å². The maximum Gasteiger partial charge on any atom is 0.335 e. The van der Waals surface area contributed by atoms with Gasteiger partial charge in [-0.2, -0.15) is 0 Å². The van der Waals surface area contributed by atoms with Crippen LogP contribution in [-0.2, 0) is 20.9 Å². The van der Waals surface area contributed by atoms with Crippen LogP contribution in [0.15, 0.2) is 42.6 Å². The summed E-state index contributed by atoms with van der Waals surface area (Å²) in [5.74, 6) is -0.986. The number of hydrogen-bond acceptors (Lipinski definition) is 3. The number of alkyl halides is 1. The number of rotatable bonds is 3. The van der Waals surface area contributed by atoms with Gasteiger partial charge in [-0.05, 0) is 30.7 Å². The van der Waals surface area contributed by atoms with E-state index in [1.165, 1.54) is 4.90 Å². The lowest BCUT2D eigenvalue weighted by Gasteiger charge is -2.29. The third-order valence-corrected chi connectivity index (χ3v) is 4.12. The molecule has 0 bridgehead atoms. The summed E-state index contributed by atoms with van der Waals surface area (Å²) in [6, 6.07) is 10.4. The van der Waals surface area contributed by atoms with E-state index < -0.39 is 12.0 Å². The number of esters is 1. The molecule has 0 spiro atoms. The Morgan fingerprint density at radius 2 is 2.04 bits per heavy atom. The quantitative estimate of drug-likeness (QED) is 0.641. The number of aromatic nitrogens is 1. The van der Waals surface area contributed by atoms with Crippen LogP contribution in [0.5, 0.6) is 0 Å². The highest BCUT2D eigenvalue weighted by Crippen LogP contribution is 2.35. The van der Waals surface area contributed by atoms with E-state index >= 15 is 0 Å². The van der Waals surface area contributed by atoms with Gasteiger partial charge in [-0.1, -0.05) is 18.2 Å². The highest BCUT2D eigenvalue weighted by Gasteiger charge is 2.38. The van der Waals surface area contributed by atoms with Gasteiger partial charge in [0.1, 0.15) is 5.88 Å². The minimum atomic E-state index is -0.833. The number of para-hydroxylation sites is 1. The van der Waals surface area contributed by atoms with Gasteiger partial charge in [-0.3, -0.25) is 9.69 Å². The molecule has 2 heterocycles. The molecule has 6 heteroatoms. The summed E-state index contributed by atoms with van der Waals surface area (Å²) in [7, 11) is 0. The smallest absolute Gasteiger partial charge is 0.335 e. The highest BCUT2D eigenvalue weighted by molar-refractivity contribution is 6.29. The van der Waals surface area contributed by atoms with E-state index in [0.717, 1.165) is 11.3 Å². The minimum absolute atomic E-state index is 0.203. The van der Waals surface area contributed by atoms with Crippen LogP contribution in [0, 0.1) is 0 Å². The number of amides is 1. The molecule has 1 aromatic carbocycles. The monoisotopic (exact) mass is 332 g/mol. The number of fused-ring (bicyclic) bond motifs is 2. The van der Waals surface area contributed by atoms with Crippen molar-refractivity contribution in [1.29, 1.82) is 0 Å². The fraction of sp³-hybridized carbons (Fsp3) is 0.294. The first-order valence-electron chi connectivity index (χ1n) is 7.45. The third-order valence-electron chi connectivity index (χ3n) is 3.89. The van der Waals surface area contributed by atoms with Gasteiger partial charge in [0.05, 0.1) is 18.0 Å². The van der Waals surface area contributed by atoms with Gasteiger partial charge in [0.15, 0.2) is 6.04 Å². The number of anilines is 1. The molecule has 23 heavy (non-hydrogen) atoms. The predicted octanol–water partition coefficient (Wildman–Crippen LogP) is 2.73. The van der Waals surface area contributed by atoms with Crippen molar-refractivity contribution < 1.29 is 14.3 Å². The molecule has 1 unspecified atom stereocenters. The largest absolute Gasteiger partial charge is 0.464 e. The van der Waals surface area contributed by atoms with E-state index in [0.29, 0.717) is 12.2 Å². The molecule has 120 valence electrons. The Morgan fingerprint density at radius 1 is 1.26 bits per heavy atom. The van der Waals surface area contributed by atoms with Crippen molar-refractivity contribution in [3.05, 3.63) is 53.9 Å². The number of carbonyl (C=O) groups excluding carboxylic acids is 2. The first kappa shape index (κ1) is 15.6. The molecule has 0 saturated carbocycles. The van der Waals surface area contributed by atoms with Crippen LogP contribution >= 0.6 is 11.6 Å². The van der Waals surface area contributed by atoms with Crippen LogP contribution in [0.4, 0.5) is 5.69 Å². The lowest BCUT2D eigenvalue weighted by Crippen LogP contribution is -2.41. The number of nitrogens with zero attached hydrogens (tertiary/aromatic N) is 2. The second-order valence-corrected chi connectivity index (χ2v) is 5.51. The SMILES string of the molecule is CCOC(=O)C1c2cccn2Cc2ccccc2N1C(=O)CCl. The van der Waals surface area contributed by atoms with Crippen LogP contribution < -0.4 is 4.90 Å². The lowest BCUT2D eigenvalue weighted by molar-refractivity contribution is -0.146. The van der Waals surface area contributed by atoms with Crippen LogP contribution in [0.25, 0.3) is 0 Å². The van der Waals surface area contributed by atoms with E-state index in [1.54, 1.807) is 6.92 Å². The van der Waals surface area contributed by atoms with E-state index in [2.05, 4.69) is 0 Å². The fourth-order valence-electron chi connectivity index (χ4n) is 2.94. The Balaban J connectivity index is 2.21. The van der Waals surface area contributed by atoms with Crippen molar-refractivity contribution in [2.45, 2.75) is 19.5 Å². The van der Waals surface area contributed by atoms with Gasteiger partial charge in [-0.15, -0.1) is 11.6 Å². The number of halogens is 1. The summed E-state index contributed by atoms with van der Waals surface area (Å²) in [5.41, 5.74) is 2.37. The summed E-state index contributed by atoms with van der Waals surface area (Å²) in [4.78, 5) is 26.5. The van der Waals surface area contributed by atoms with E-state index in [1.807, 2.05) is 47.2 Å². The average Bonchev–Trinajstić information content (AvgIpc) is 2.95. The summed E-state index contributed by atoms with van der Waals surface area (Å²) in [6.07, 6.45) is 1.90. The zero-order valence-corrected chi connectivity index (χ0v) is 13.5. The molecule has 0 saturated heterocycles. The standard InChI is InChI=1S/C17H17ClN2O3/c1-2-23-17(22)16-14-8-5-9-19(14)11-12-6-3-4-7-13(12)20(16)15(21)10-18/h3-9,16H,2,10-11H2,1H3. The molecule has 1 aliphatic rings. The number of benzene rings is 1. The maximum atomic E-state index is 12.6. The average molecular weight is 333 g/mol. The van der Waals surface area contributed by atoms with Gasteiger partial charge >= 0.3 is 5.97 Å². The molecule has 1 amide bonds. The molecule has 2 aromatic rings. The van der Waals surface area contributed by atoms with Crippen molar-refractivity contribution >= 4 is 29.2 Å². The topological polar surface area (TPSA) is 51.5 Å². The molecule has 1 atom stereocenters. The first-order chi connectivity index (χ1) is 11.2. The highest BCUT2D eigenvalue weighted by atomic mass is 35.5. The Labute approximate surface area is 139 Å². The Kier molecular flexibility index (Phi) is 4.39. The lowest BCUT2D eigenvalue weighted by atomic mass is 10.1. The molecule has 3 rings (SSSR count). The molecule has 0 fully saturated rings. The van der Waals surface area contributed by atoms with Gasteiger partial charge in [0.2, 0.25) is 5.91 Å². The van der Waals surface area contributed by atoms with E-state index in [9.17, 15) is 9.59 Å². The Hall–Kier alpha value is -2.27. The predicted molar refractivity (Wildman–Crippen MR) is 87.6 cm³/mol. The molecule has 5 nitrogen and oxygen atoms in total. The zero-order valence-electron chi connectivity index (χ0n) is 12.7. The van der Waals surface area contributed by atoms with Crippen molar-refractivity contribution in [1.82, 2.24) is 4.57 Å². The molecule has 0 aliphatic carbocycles. The third kappa shape index (κ3) is 2.72. The van der Waals surface area contributed by atoms with Gasteiger partial charge < -0.3 is 9.30 Å². The van der Waals surface area contributed by atoms with Gasteiger partial charge in [-0.25, -0.2) is 4.79 Å². The summed E-state index contributed by atoms with van der Waals surface area (Å²) < 4.78 is 7.17. The number of hydrogen-bond donors (Lipinski definition) is 0. The molecule has 1 aromatic heterocycles. The summed E-state index contributed by atoms with van der Waals surface area (Å²) in [5, 5.41) is 0. The second kappa shape index (κ2) is 6.46. The Bertz CT molecular complexity index is 741. The van der Waals surface area contributed by atoms with Gasteiger partial charge in [0, 0.05) is 12.7 Å². The molecular weight excluding hydrogens is 316 g/mol. The molecule has 0 N–H and O–H groups in total. The van der Waals surface area contributed by atoms with Gasteiger partial charge in [0.25, 0.3) is 0 Å². The minimum Gasteiger partial charge on any atom is -0.464 e. The van der Waals surface area contributed by atoms with Crippen molar-refractivity contribution in [3.8, 4) is 0 Å². The van der Waals surface area contributed by atoms with E-state index in [-0.39, 0.29) is 18.4 Å². The van der Waals surface area contributed by atoms with Crippen molar-refractivity contribution in [2.24, 2.45) is 0 Å². The Morgan fingerprint density at radius 3 is 2.78 bits per heavy atom. The van der Waals surface area contributed by atoms with Crippen LogP contribution in [0.3, 0.4) is 0 Å². The maximum absolute atomic E-state index is 12.6. The number of ether oxygens (including phenoxy) is 1. The second-order valence-electron chi connectivity index (χ2n) is 5.24. The molecule has 0 radical (unpaired) electrons. The van der Waals surface area contributed by atoms with E-state index in [4.69, 9.17) is 16.3 Å². The van der Waals surface area contributed by atoms with Crippen molar-refractivity contribution in [3.63, 3.8) is 0 Å². The summed E-state index contributed by atoms with van der Waals surface area (Å²) >= 11 is 5.80. The van der Waals surface area contributed by atoms with Crippen LogP contribution in [0.2, 0.25) is 0 Å². The van der Waals surface area contributed by atoms with Crippen LogP contribution in [-0.4, -0.2) is 28.9 Å².